The van der Waals surface area contributed by atoms with E-state index in [1.54, 1.807) is 27.7 Å². The third-order valence-electron chi connectivity index (χ3n) is 4.02. The molecule has 0 bridgehead atoms. The molecule has 0 spiro atoms. The Hall–Kier alpha value is -2.77. The molecule has 24 heavy (non-hydrogen) atoms. The fourth-order valence-electron chi connectivity index (χ4n) is 2.15. The first kappa shape index (κ1) is 17.6. The summed E-state index contributed by atoms with van der Waals surface area (Å²) >= 11 is 0. The van der Waals surface area contributed by atoms with Crippen LogP contribution in [0.2, 0.25) is 0 Å². The summed E-state index contributed by atoms with van der Waals surface area (Å²) in [6.45, 7) is 7.41. The van der Waals surface area contributed by atoms with Gasteiger partial charge in [0.15, 0.2) is 0 Å². The van der Waals surface area contributed by atoms with Crippen LogP contribution in [-0.4, -0.2) is 31.6 Å². The minimum atomic E-state index is -0.313. The number of nitrogens with zero attached hydrogens (tertiary/aromatic N) is 4. The highest BCUT2D eigenvalue weighted by Crippen LogP contribution is 1.95. The van der Waals surface area contributed by atoms with E-state index in [-0.39, 0.29) is 30.1 Å². The zero-order valence-electron chi connectivity index (χ0n) is 14.3. The van der Waals surface area contributed by atoms with Gasteiger partial charge in [-0.05, 0) is 27.7 Å². The SMILES string of the molecule is Cc1ncn(CCNC(=O)Cn2cnc(C)c(C)c2=O)c(=O)c1C. The molecule has 2 aromatic rings. The van der Waals surface area contributed by atoms with Crippen molar-refractivity contribution in [3.63, 3.8) is 0 Å². The first-order valence-electron chi connectivity index (χ1n) is 7.63. The molecule has 0 aliphatic carbocycles. The Balaban J connectivity index is 1.95. The molecular weight excluding hydrogens is 310 g/mol. The summed E-state index contributed by atoms with van der Waals surface area (Å²) in [5.74, 6) is -0.313. The summed E-state index contributed by atoms with van der Waals surface area (Å²) in [6, 6.07) is 0. The Morgan fingerprint density at radius 1 is 0.958 bits per heavy atom. The molecule has 1 N–H and O–H groups in total. The minimum absolute atomic E-state index is 0.104. The number of hydrogen-bond acceptors (Lipinski definition) is 5. The van der Waals surface area contributed by atoms with Gasteiger partial charge in [0.05, 0.1) is 12.7 Å². The van der Waals surface area contributed by atoms with Crippen LogP contribution in [0.1, 0.15) is 22.5 Å². The lowest BCUT2D eigenvalue weighted by molar-refractivity contribution is -0.121. The topological polar surface area (TPSA) is 98.9 Å². The predicted octanol–water partition coefficient (Wildman–Crippen LogP) is -0.150. The van der Waals surface area contributed by atoms with Crippen molar-refractivity contribution in [3.8, 4) is 0 Å². The van der Waals surface area contributed by atoms with E-state index in [2.05, 4.69) is 15.3 Å². The molecule has 0 radical (unpaired) electrons. The molecule has 128 valence electrons. The number of hydrogen-bond donors (Lipinski definition) is 1. The van der Waals surface area contributed by atoms with Crippen molar-refractivity contribution < 1.29 is 4.79 Å². The van der Waals surface area contributed by atoms with Crippen molar-refractivity contribution in [1.82, 2.24) is 24.4 Å². The Kier molecular flexibility index (Phi) is 5.28. The van der Waals surface area contributed by atoms with E-state index in [0.717, 1.165) is 0 Å². The van der Waals surface area contributed by atoms with Gasteiger partial charge in [-0.3, -0.25) is 23.5 Å². The second kappa shape index (κ2) is 7.20. The molecule has 8 nitrogen and oxygen atoms in total. The van der Waals surface area contributed by atoms with Crippen molar-refractivity contribution in [1.29, 1.82) is 0 Å². The Morgan fingerprint density at radius 3 is 2.04 bits per heavy atom. The smallest absolute Gasteiger partial charge is 0.256 e. The van der Waals surface area contributed by atoms with Gasteiger partial charge in [0.2, 0.25) is 5.91 Å². The third-order valence-corrected chi connectivity index (χ3v) is 4.02. The molecule has 0 atom stereocenters. The largest absolute Gasteiger partial charge is 0.353 e. The fourth-order valence-corrected chi connectivity index (χ4v) is 2.15. The lowest BCUT2D eigenvalue weighted by Crippen LogP contribution is -2.36. The molecule has 2 rings (SSSR count). The van der Waals surface area contributed by atoms with Crippen LogP contribution in [0.3, 0.4) is 0 Å². The average Bonchev–Trinajstić information content (AvgIpc) is 2.55. The second-order valence-electron chi connectivity index (χ2n) is 5.69. The zero-order valence-corrected chi connectivity index (χ0v) is 14.3. The van der Waals surface area contributed by atoms with Gasteiger partial charge in [-0.25, -0.2) is 9.97 Å². The summed E-state index contributed by atoms with van der Waals surface area (Å²) in [7, 11) is 0. The maximum atomic E-state index is 12.0. The van der Waals surface area contributed by atoms with Gasteiger partial charge < -0.3 is 5.32 Å². The molecule has 0 fully saturated rings. The first-order valence-corrected chi connectivity index (χ1v) is 7.63. The lowest BCUT2D eigenvalue weighted by atomic mass is 10.3. The summed E-state index contributed by atoms with van der Waals surface area (Å²) in [5, 5.41) is 2.69. The second-order valence-corrected chi connectivity index (χ2v) is 5.69. The summed E-state index contributed by atoms with van der Waals surface area (Å²) in [5.41, 5.74) is 2.12. The molecule has 0 saturated heterocycles. The van der Waals surface area contributed by atoms with E-state index >= 15 is 0 Å². The van der Waals surface area contributed by atoms with Gasteiger partial charge in [0.25, 0.3) is 11.1 Å². The molecule has 2 heterocycles. The standard InChI is InChI=1S/C16H21N5O3/c1-10-12(3)18-8-20(15(10)23)6-5-17-14(22)7-21-9-19-13(4)11(2)16(21)24/h8-9H,5-7H2,1-4H3,(H,17,22). The number of nitrogens with one attached hydrogen (secondary N) is 1. The minimum Gasteiger partial charge on any atom is -0.353 e. The first-order chi connectivity index (χ1) is 11.3. The Morgan fingerprint density at radius 2 is 1.46 bits per heavy atom. The highest BCUT2D eigenvalue weighted by atomic mass is 16.2. The van der Waals surface area contributed by atoms with Crippen LogP contribution >= 0.6 is 0 Å². The predicted molar refractivity (Wildman–Crippen MR) is 89.0 cm³/mol. The van der Waals surface area contributed by atoms with E-state index in [9.17, 15) is 14.4 Å². The molecule has 1 amide bonds. The van der Waals surface area contributed by atoms with Gasteiger partial charge >= 0.3 is 0 Å². The van der Waals surface area contributed by atoms with E-state index in [1.807, 2.05) is 0 Å². The number of carbonyl (C=O) groups excluding carboxylic acids is 1. The van der Waals surface area contributed by atoms with Crippen molar-refractivity contribution in [2.75, 3.05) is 6.54 Å². The van der Waals surface area contributed by atoms with Crippen LogP contribution in [0.4, 0.5) is 0 Å². The van der Waals surface area contributed by atoms with Crippen molar-refractivity contribution in [2.24, 2.45) is 0 Å². The molecule has 0 aliphatic rings. The number of amides is 1. The van der Waals surface area contributed by atoms with Crippen molar-refractivity contribution >= 4 is 5.91 Å². The number of aryl methyl sites for hydroxylation is 2. The fraction of sp³-hybridized carbons (Fsp3) is 0.438. The van der Waals surface area contributed by atoms with E-state index in [0.29, 0.717) is 29.1 Å². The van der Waals surface area contributed by atoms with Gasteiger partial charge in [-0.15, -0.1) is 0 Å². The van der Waals surface area contributed by atoms with Crippen LogP contribution < -0.4 is 16.4 Å². The highest BCUT2D eigenvalue weighted by molar-refractivity contribution is 5.75. The van der Waals surface area contributed by atoms with Gasteiger partial charge in [-0.2, -0.15) is 0 Å². The quantitative estimate of drug-likeness (QED) is 0.821. The normalized spacial score (nSPS) is 10.7. The zero-order chi connectivity index (χ0) is 17.9. The van der Waals surface area contributed by atoms with Gasteiger partial charge in [-0.1, -0.05) is 0 Å². The van der Waals surface area contributed by atoms with Crippen LogP contribution in [0, 0.1) is 27.7 Å². The van der Waals surface area contributed by atoms with E-state index in [4.69, 9.17) is 0 Å². The molecule has 0 unspecified atom stereocenters. The molecule has 0 saturated carbocycles. The average molecular weight is 331 g/mol. The molecule has 8 heteroatoms. The number of rotatable bonds is 5. The maximum absolute atomic E-state index is 12.0. The van der Waals surface area contributed by atoms with E-state index < -0.39 is 0 Å². The van der Waals surface area contributed by atoms with Crippen LogP contribution in [0.15, 0.2) is 22.2 Å². The van der Waals surface area contributed by atoms with E-state index in [1.165, 1.54) is 21.8 Å². The van der Waals surface area contributed by atoms with Gasteiger partial charge in [0.1, 0.15) is 6.54 Å². The van der Waals surface area contributed by atoms with Crippen LogP contribution in [0.25, 0.3) is 0 Å². The molecule has 0 aromatic carbocycles. The number of carbonyl (C=O) groups is 1. The van der Waals surface area contributed by atoms with Crippen molar-refractivity contribution in [2.45, 2.75) is 40.8 Å². The van der Waals surface area contributed by atoms with Crippen LogP contribution in [-0.2, 0) is 17.9 Å². The van der Waals surface area contributed by atoms with Crippen molar-refractivity contribution in [3.05, 3.63) is 55.9 Å². The Labute approximate surface area is 139 Å². The Bertz CT molecular complexity index is 882. The summed E-state index contributed by atoms with van der Waals surface area (Å²) in [4.78, 5) is 44.2. The molecule has 0 aliphatic heterocycles. The molecule has 2 aromatic heterocycles. The number of aromatic nitrogens is 4. The summed E-state index contributed by atoms with van der Waals surface area (Å²) < 4.78 is 2.72. The monoisotopic (exact) mass is 331 g/mol. The summed E-state index contributed by atoms with van der Waals surface area (Å²) in [6.07, 6.45) is 2.83. The van der Waals surface area contributed by atoms with Gasteiger partial charge in [0, 0.05) is 35.6 Å². The molecular formula is C16H21N5O3. The third kappa shape index (κ3) is 3.76. The highest BCUT2D eigenvalue weighted by Gasteiger charge is 2.08. The maximum Gasteiger partial charge on any atom is 0.256 e. The lowest BCUT2D eigenvalue weighted by Gasteiger charge is -2.10. The van der Waals surface area contributed by atoms with Crippen LogP contribution in [0.5, 0.6) is 0 Å².